The van der Waals surface area contributed by atoms with Crippen molar-refractivity contribution in [1.82, 2.24) is 15.2 Å². The maximum atomic E-state index is 13.2. The van der Waals surface area contributed by atoms with E-state index in [0.29, 0.717) is 19.0 Å². The second-order valence-electron chi connectivity index (χ2n) is 9.17. The molecule has 6 heteroatoms. The molecule has 0 spiro atoms. The van der Waals surface area contributed by atoms with Crippen LogP contribution in [0, 0.1) is 13.8 Å². The van der Waals surface area contributed by atoms with Crippen molar-refractivity contribution in [2.24, 2.45) is 0 Å². The Morgan fingerprint density at radius 1 is 1.00 bits per heavy atom. The van der Waals surface area contributed by atoms with Crippen LogP contribution in [-0.2, 0) is 4.79 Å². The maximum absolute atomic E-state index is 13.2. The summed E-state index contributed by atoms with van der Waals surface area (Å²) in [6, 6.07) is 8.13. The highest BCUT2D eigenvalue weighted by Gasteiger charge is 2.29. The van der Waals surface area contributed by atoms with Crippen molar-refractivity contribution in [2.45, 2.75) is 44.9 Å². The lowest BCUT2D eigenvalue weighted by atomic mass is 9.94. The Morgan fingerprint density at radius 2 is 1.74 bits per heavy atom. The molecule has 162 valence electrons. The van der Waals surface area contributed by atoms with Gasteiger partial charge in [-0.3, -0.25) is 9.59 Å². The zero-order chi connectivity index (χ0) is 21.5. The lowest BCUT2D eigenvalue weighted by Crippen LogP contribution is -2.49. The van der Waals surface area contributed by atoms with E-state index in [1.54, 1.807) is 0 Å². The van der Waals surface area contributed by atoms with Gasteiger partial charge in [-0.25, -0.2) is 4.98 Å². The molecule has 2 amide bonds. The number of rotatable bonds is 4. The third-order valence-electron chi connectivity index (χ3n) is 6.92. The van der Waals surface area contributed by atoms with Gasteiger partial charge in [-0.2, -0.15) is 0 Å². The van der Waals surface area contributed by atoms with Crippen LogP contribution in [0.15, 0.2) is 30.5 Å². The van der Waals surface area contributed by atoms with Gasteiger partial charge in [0.15, 0.2) is 0 Å². The standard InChI is InChI=1S/C25H30N4O2/c1-16-13-19(22-7-8-26-24(22)30)5-6-21(16)25(31)29-11-9-28(10-12-29)23-17(2)14-20(15-27-23)18-3-4-18/h5-6,13-15,18,22H,3-4,7-12H2,1-2H3,(H,26,30). The van der Waals surface area contributed by atoms with Crippen LogP contribution in [0.1, 0.15) is 63.7 Å². The van der Waals surface area contributed by atoms with Crippen molar-refractivity contribution in [1.29, 1.82) is 0 Å². The summed E-state index contributed by atoms with van der Waals surface area (Å²) in [4.78, 5) is 34.1. The van der Waals surface area contributed by atoms with Crippen LogP contribution in [0.5, 0.6) is 0 Å². The Hall–Kier alpha value is -2.89. The predicted molar refractivity (Wildman–Crippen MR) is 121 cm³/mol. The number of nitrogens with one attached hydrogen (secondary N) is 1. The van der Waals surface area contributed by atoms with Gasteiger partial charge in [-0.1, -0.05) is 18.2 Å². The molecule has 1 N–H and O–H groups in total. The molecule has 2 aliphatic heterocycles. The molecular weight excluding hydrogens is 388 g/mol. The molecule has 1 aromatic carbocycles. The molecule has 2 aromatic rings. The van der Waals surface area contributed by atoms with Crippen LogP contribution in [-0.4, -0.2) is 54.4 Å². The second kappa shape index (κ2) is 7.98. The number of carbonyl (C=O) groups is 2. The molecule has 6 nitrogen and oxygen atoms in total. The van der Waals surface area contributed by atoms with E-state index < -0.39 is 0 Å². The normalized spacial score (nSPS) is 21.4. The third kappa shape index (κ3) is 3.91. The molecule has 1 atom stereocenters. The van der Waals surface area contributed by atoms with Crippen molar-refractivity contribution in [3.63, 3.8) is 0 Å². The number of piperazine rings is 1. The summed E-state index contributed by atoms with van der Waals surface area (Å²) in [5, 5.41) is 2.89. The van der Waals surface area contributed by atoms with Crippen LogP contribution in [0.4, 0.5) is 5.82 Å². The summed E-state index contributed by atoms with van der Waals surface area (Å²) in [6.45, 7) is 7.80. The first kappa shape index (κ1) is 20.0. The fourth-order valence-corrected chi connectivity index (χ4v) is 4.91. The van der Waals surface area contributed by atoms with Gasteiger partial charge < -0.3 is 15.1 Å². The minimum Gasteiger partial charge on any atom is -0.356 e. The number of pyridine rings is 1. The maximum Gasteiger partial charge on any atom is 0.254 e. The van der Waals surface area contributed by atoms with Crippen LogP contribution in [0.3, 0.4) is 0 Å². The molecule has 0 radical (unpaired) electrons. The first-order valence-electron chi connectivity index (χ1n) is 11.4. The minimum absolute atomic E-state index is 0.0772. The fourth-order valence-electron chi connectivity index (χ4n) is 4.91. The number of aryl methyl sites for hydroxylation is 2. The van der Waals surface area contributed by atoms with Crippen LogP contribution in [0.25, 0.3) is 0 Å². The molecular formula is C25H30N4O2. The Kier molecular flexibility index (Phi) is 5.16. The molecule has 5 rings (SSSR count). The lowest BCUT2D eigenvalue weighted by Gasteiger charge is -2.36. The number of amides is 2. The van der Waals surface area contributed by atoms with Crippen LogP contribution < -0.4 is 10.2 Å². The number of nitrogens with zero attached hydrogens (tertiary/aromatic N) is 3. The van der Waals surface area contributed by atoms with E-state index in [-0.39, 0.29) is 17.7 Å². The molecule has 1 aromatic heterocycles. The highest BCUT2D eigenvalue weighted by molar-refractivity contribution is 5.96. The van der Waals surface area contributed by atoms with Crippen molar-refractivity contribution in [2.75, 3.05) is 37.6 Å². The zero-order valence-corrected chi connectivity index (χ0v) is 18.4. The highest BCUT2D eigenvalue weighted by atomic mass is 16.2. The van der Waals surface area contributed by atoms with Crippen LogP contribution in [0.2, 0.25) is 0 Å². The molecule has 1 aliphatic carbocycles. The molecule has 3 heterocycles. The summed E-state index contributed by atoms with van der Waals surface area (Å²) in [5.74, 6) is 1.84. The zero-order valence-electron chi connectivity index (χ0n) is 18.4. The SMILES string of the molecule is Cc1cc(C2CCNC2=O)ccc1C(=O)N1CCN(c2ncc(C3CC3)cc2C)CC1. The molecule has 0 bridgehead atoms. The van der Waals surface area contributed by atoms with E-state index in [9.17, 15) is 9.59 Å². The largest absolute Gasteiger partial charge is 0.356 e. The van der Waals surface area contributed by atoms with E-state index in [0.717, 1.165) is 48.6 Å². The number of aromatic nitrogens is 1. The first-order chi connectivity index (χ1) is 15.0. The van der Waals surface area contributed by atoms with Gasteiger partial charge in [0.05, 0.1) is 5.92 Å². The predicted octanol–water partition coefficient (Wildman–Crippen LogP) is 3.14. The number of carbonyl (C=O) groups excluding carboxylic acids is 2. The fraction of sp³-hybridized carbons (Fsp3) is 0.480. The van der Waals surface area contributed by atoms with E-state index >= 15 is 0 Å². The van der Waals surface area contributed by atoms with E-state index in [1.165, 1.54) is 24.0 Å². The lowest BCUT2D eigenvalue weighted by molar-refractivity contribution is -0.120. The summed E-state index contributed by atoms with van der Waals surface area (Å²) < 4.78 is 0. The molecule has 1 saturated carbocycles. The van der Waals surface area contributed by atoms with E-state index in [2.05, 4.69) is 23.2 Å². The monoisotopic (exact) mass is 418 g/mol. The van der Waals surface area contributed by atoms with Crippen molar-refractivity contribution >= 4 is 17.6 Å². The van der Waals surface area contributed by atoms with Gasteiger partial charge in [-0.05, 0) is 67.3 Å². The van der Waals surface area contributed by atoms with Gasteiger partial charge in [0.2, 0.25) is 5.91 Å². The smallest absolute Gasteiger partial charge is 0.254 e. The number of benzene rings is 1. The number of hydrogen-bond acceptors (Lipinski definition) is 4. The topological polar surface area (TPSA) is 65.5 Å². The number of anilines is 1. The first-order valence-corrected chi connectivity index (χ1v) is 11.4. The van der Waals surface area contributed by atoms with E-state index in [1.807, 2.05) is 36.2 Å². The summed E-state index contributed by atoms with van der Waals surface area (Å²) in [6.07, 6.45) is 5.43. The Labute approximate surface area is 183 Å². The Balaban J connectivity index is 1.24. The number of hydrogen-bond donors (Lipinski definition) is 1. The third-order valence-corrected chi connectivity index (χ3v) is 6.92. The molecule has 3 aliphatic rings. The van der Waals surface area contributed by atoms with Gasteiger partial charge in [0.1, 0.15) is 5.82 Å². The molecule has 2 saturated heterocycles. The van der Waals surface area contributed by atoms with Gasteiger partial charge in [-0.15, -0.1) is 0 Å². The van der Waals surface area contributed by atoms with Gasteiger partial charge in [0, 0.05) is 44.5 Å². The quantitative estimate of drug-likeness (QED) is 0.829. The summed E-state index contributed by atoms with van der Waals surface area (Å²) >= 11 is 0. The average Bonchev–Trinajstić information content (AvgIpc) is 3.54. The summed E-state index contributed by atoms with van der Waals surface area (Å²) in [5.41, 5.74) is 5.28. The van der Waals surface area contributed by atoms with Gasteiger partial charge in [0.25, 0.3) is 5.91 Å². The van der Waals surface area contributed by atoms with Crippen molar-refractivity contribution < 1.29 is 9.59 Å². The van der Waals surface area contributed by atoms with Crippen LogP contribution >= 0.6 is 0 Å². The molecule has 1 unspecified atom stereocenters. The highest BCUT2D eigenvalue weighted by Crippen LogP contribution is 2.40. The molecule has 31 heavy (non-hydrogen) atoms. The average molecular weight is 419 g/mol. The minimum atomic E-state index is -0.0894. The summed E-state index contributed by atoms with van der Waals surface area (Å²) in [7, 11) is 0. The second-order valence-corrected chi connectivity index (χ2v) is 9.17. The van der Waals surface area contributed by atoms with Gasteiger partial charge >= 0.3 is 0 Å². The Morgan fingerprint density at radius 3 is 2.35 bits per heavy atom. The van der Waals surface area contributed by atoms with Crippen molar-refractivity contribution in [3.8, 4) is 0 Å². The van der Waals surface area contributed by atoms with Crippen molar-refractivity contribution in [3.05, 3.63) is 58.3 Å². The Bertz CT molecular complexity index is 1020. The van der Waals surface area contributed by atoms with E-state index in [4.69, 9.17) is 4.98 Å². The molecule has 3 fully saturated rings.